The maximum atomic E-state index is 6.96. The molecule has 3 aromatic carbocycles. The Balaban J connectivity index is 2.25. The van der Waals surface area contributed by atoms with Crippen LogP contribution >= 0.6 is 0 Å². The van der Waals surface area contributed by atoms with E-state index in [0.29, 0.717) is 17.2 Å². The zero-order chi connectivity index (χ0) is 28.8. The molecule has 3 aromatic rings. The fourth-order valence-electron chi connectivity index (χ4n) is 3.43. The summed E-state index contributed by atoms with van der Waals surface area (Å²) in [7, 11) is -4.09. The fourth-order valence-corrected chi connectivity index (χ4v) is 11.1. The van der Waals surface area contributed by atoms with Crippen LogP contribution in [0.1, 0.15) is 62.3 Å². The van der Waals surface area contributed by atoms with Gasteiger partial charge in [0.25, 0.3) is 0 Å². The van der Waals surface area contributed by atoms with Crippen LogP contribution in [0.25, 0.3) is 0 Å². The molecule has 0 saturated carbocycles. The van der Waals surface area contributed by atoms with E-state index in [9.17, 15) is 0 Å². The molecule has 212 valence electrons. The Morgan fingerprint density at radius 1 is 0.436 bits per heavy atom. The van der Waals surface area contributed by atoms with E-state index in [4.69, 9.17) is 26.2 Å². The Bertz CT molecular complexity index is 999. The van der Waals surface area contributed by atoms with Crippen LogP contribution in [0.4, 0.5) is 0 Å². The van der Waals surface area contributed by atoms with Crippen molar-refractivity contribution in [2.75, 3.05) is 0 Å². The van der Waals surface area contributed by atoms with Crippen molar-refractivity contribution in [2.24, 2.45) is 0 Å². The van der Waals surface area contributed by atoms with Gasteiger partial charge >= 0.3 is 241 Å². The molecule has 0 unspecified atom stereocenters. The van der Waals surface area contributed by atoms with Gasteiger partial charge in [0, 0.05) is 0 Å². The molecule has 0 heterocycles. The molecule has 0 saturated heterocycles. The topological polar surface area (TPSA) is 64.6 Å². The van der Waals surface area contributed by atoms with Crippen LogP contribution in [0, 0.1) is 0 Å². The molecular weight excluding hydrogens is 548 g/mol. The summed E-state index contributed by atoms with van der Waals surface area (Å²) < 4.78 is 46.7. The molecule has 0 fully saturated rings. The van der Waals surface area contributed by atoms with Gasteiger partial charge in [-0.3, -0.25) is 0 Å². The van der Waals surface area contributed by atoms with Gasteiger partial charge in [0.15, 0.2) is 0 Å². The molecule has 0 aromatic heterocycles. The predicted octanol–water partition coefficient (Wildman–Crippen LogP) is 7.93. The molecule has 0 aliphatic carbocycles. The third-order valence-electron chi connectivity index (χ3n) is 4.50. The third-order valence-corrected chi connectivity index (χ3v) is 12.2. The maximum absolute atomic E-state index is 6.96. The summed E-state index contributed by atoms with van der Waals surface area (Å²) in [5.41, 5.74) is -2.07. The predicted molar refractivity (Wildman–Crippen MR) is 151 cm³/mol. The molecule has 0 N–H and O–H groups in total. The summed E-state index contributed by atoms with van der Waals surface area (Å²) in [6.07, 6.45) is 0. The van der Waals surface area contributed by atoms with Crippen molar-refractivity contribution in [1.29, 1.82) is 0 Å². The van der Waals surface area contributed by atoms with Gasteiger partial charge < -0.3 is 0 Å². The quantitative estimate of drug-likeness (QED) is 0.210. The average Bonchev–Trinajstić information content (AvgIpc) is 2.77. The van der Waals surface area contributed by atoms with Gasteiger partial charge in [0.1, 0.15) is 0 Å². The van der Waals surface area contributed by atoms with E-state index >= 15 is 0 Å². The molecule has 0 aliphatic heterocycles. The zero-order valence-corrected chi connectivity index (χ0v) is 27.1. The molecule has 0 radical (unpaired) electrons. The summed E-state index contributed by atoms with van der Waals surface area (Å²) in [4.78, 5) is 0. The van der Waals surface area contributed by atoms with E-state index in [1.165, 1.54) is 0 Å². The molecular formula is C30H42O7SiTi. The van der Waals surface area contributed by atoms with Gasteiger partial charge in [-0.1, -0.05) is 0 Å². The molecule has 3 rings (SSSR count). The first-order chi connectivity index (χ1) is 18.1. The van der Waals surface area contributed by atoms with E-state index in [-0.39, 0.29) is 0 Å². The molecule has 0 aliphatic rings. The van der Waals surface area contributed by atoms with Gasteiger partial charge in [0.2, 0.25) is 0 Å². The molecule has 0 bridgehead atoms. The summed E-state index contributed by atoms with van der Waals surface area (Å²) in [5.74, 6) is 1.57. The standard InChI is InChI=1S/C12H27O4Si.3C6H6O.Ti/c1-10(2,3)14-17(13,15-11(4,5)6)16-12(7,8)9;3*7-6-4-2-1-3-5-6;/h1-9H3;3*1-5,7H;/q-1;;;;+4/p-3. The summed E-state index contributed by atoms with van der Waals surface area (Å²) >= 11 is -4.99. The van der Waals surface area contributed by atoms with E-state index in [1.54, 1.807) is 0 Å². The number of hydrogen-bond donors (Lipinski definition) is 0. The van der Waals surface area contributed by atoms with Gasteiger partial charge in [-0.2, -0.15) is 0 Å². The number of hydrogen-bond acceptors (Lipinski definition) is 7. The monoisotopic (exact) mass is 590 g/mol. The van der Waals surface area contributed by atoms with Crippen LogP contribution in [0.5, 0.6) is 17.2 Å². The van der Waals surface area contributed by atoms with Crippen molar-refractivity contribution in [3.63, 3.8) is 0 Å². The minimum absolute atomic E-state index is 0.523. The van der Waals surface area contributed by atoms with Crippen LogP contribution in [-0.4, -0.2) is 25.9 Å². The third kappa shape index (κ3) is 11.1. The Kier molecular flexibility index (Phi) is 10.1. The minimum atomic E-state index is -4.99. The molecule has 39 heavy (non-hydrogen) atoms. The van der Waals surface area contributed by atoms with Crippen LogP contribution < -0.4 is 9.96 Å². The Labute approximate surface area is 240 Å². The van der Waals surface area contributed by atoms with Gasteiger partial charge in [-0.15, -0.1) is 0 Å². The molecule has 0 amide bonds. The molecule has 7 nitrogen and oxygen atoms in total. The van der Waals surface area contributed by atoms with Crippen molar-refractivity contribution in [3.05, 3.63) is 91.0 Å². The van der Waals surface area contributed by atoms with Crippen molar-refractivity contribution < 1.29 is 44.4 Å². The van der Waals surface area contributed by atoms with Crippen LogP contribution in [0.15, 0.2) is 91.0 Å². The SMILES string of the molecule is CC(C)(C)O[Si](OC(C)(C)C)(OC(C)(C)C)[O][Ti]([O]c1ccccc1)([O]c1ccccc1)[O]c1ccccc1. The van der Waals surface area contributed by atoms with Crippen LogP contribution in [0.2, 0.25) is 0 Å². The fraction of sp³-hybridized carbons (Fsp3) is 0.400. The normalized spacial score (nSPS) is 13.2. The Morgan fingerprint density at radius 2 is 0.692 bits per heavy atom. The number of para-hydroxylation sites is 3. The van der Waals surface area contributed by atoms with E-state index in [1.807, 2.05) is 153 Å². The van der Waals surface area contributed by atoms with Gasteiger partial charge in [0.05, 0.1) is 0 Å². The van der Waals surface area contributed by atoms with Crippen LogP contribution in [-0.2, 0) is 34.4 Å². The molecule has 9 heteroatoms. The summed E-state index contributed by atoms with van der Waals surface area (Å²) in [5, 5.41) is 0. The molecule has 0 spiro atoms. The van der Waals surface area contributed by atoms with E-state index < -0.39 is 44.0 Å². The van der Waals surface area contributed by atoms with Gasteiger partial charge in [-0.05, 0) is 0 Å². The van der Waals surface area contributed by atoms with E-state index in [2.05, 4.69) is 0 Å². The first-order valence-corrected chi connectivity index (χ1v) is 17.3. The Hall–Kier alpha value is -2.17. The van der Waals surface area contributed by atoms with Crippen molar-refractivity contribution >= 4 is 9.05 Å². The summed E-state index contributed by atoms with van der Waals surface area (Å²) in [6.45, 7) is 17.4. The second kappa shape index (κ2) is 12.6. The average molecular weight is 591 g/mol. The van der Waals surface area contributed by atoms with Gasteiger partial charge in [-0.25, -0.2) is 0 Å². The first kappa shape index (κ1) is 31.4. The zero-order valence-electron chi connectivity index (χ0n) is 24.5. The van der Waals surface area contributed by atoms with Crippen molar-refractivity contribution in [1.82, 2.24) is 0 Å². The number of benzene rings is 3. The van der Waals surface area contributed by atoms with Crippen molar-refractivity contribution in [3.8, 4) is 17.2 Å². The van der Waals surface area contributed by atoms with Crippen molar-refractivity contribution in [2.45, 2.75) is 79.1 Å². The van der Waals surface area contributed by atoms with E-state index in [0.717, 1.165) is 0 Å². The number of rotatable bonds is 11. The second-order valence-corrected chi connectivity index (χ2v) is 17.3. The molecule has 0 atom stereocenters. The summed E-state index contributed by atoms with van der Waals surface area (Å²) in [6, 6.07) is 28.0. The Morgan fingerprint density at radius 3 is 0.923 bits per heavy atom. The first-order valence-electron chi connectivity index (χ1n) is 13.1. The van der Waals surface area contributed by atoms with Crippen LogP contribution in [0.3, 0.4) is 0 Å². The second-order valence-electron chi connectivity index (χ2n) is 12.0.